The fraction of sp³-hybridized carbons (Fsp3) is 0.846. The van der Waals surface area contributed by atoms with Crippen LogP contribution < -0.4 is 22.1 Å². The van der Waals surface area contributed by atoms with E-state index < -0.39 is 18.1 Å². The Labute approximate surface area is 216 Å². The van der Waals surface area contributed by atoms with E-state index in [9.17, 15) is 19.2 Å². The molecule has 0 saturated carbocycles. The van der Waals surface area contributed by atoms with Gasteiger partial charge in [-0.15, -0.1) is 0 Å². The summed E-state index contributed by atoms with van der Waals surface area (Å²) in [6.45, 7) is 6.18. The summed E-state index contributed by atoms with van der Waals surface area (Å²) in [6, 6.07) is -1.38. The van der Waals surface area contributed by atoms with E-state index in [1.807, 2.05) is 6.92 Å². The van der Waals surface area contributed by atoms with Gasteiger partial charge in [-0.25, -0.2) is 0 Å². The van der Waals surface area contributed by atoms with Gasteiger partial charge in [-0.2, -0.15) is 11.8 Å². The summed E-state index contributed by atoms with van der Waals surface area (Å²) in [6.07, 6.45) is 10.6. The molecule has 0 fully saturated rings. The second-order valence-electron chi connectivity index (χ2n) is 9.28. The van der Waals surface area contributed by atoms with Gasteiger partial charge in [0.2, 0.25) is 11.8 Å². The molecule has 0 heterocycles. The molecule has 0 aliphatic heterocycles. The minimum Gasteiger partial charge on any atom is -0.355 e. The lowest BCUT2D eigenvalue weighted by molar-refractivity contribution is -0.125. The molecule has 0 radical (unpaired) electrons. The predicted molar refractivity (Wildman–Crippen MR) is 145 cm³/mol. The number of hydrogen-bond acceptors (Lipinski definition) is 7. The Kier molecular flexibility index (Phi) is 20.9. The highest BCUT2D eigenvalue weighted by atomic mass is 32.2. The number of thioether (sulfide) groups is 1. The summed E-state index contributed by atoms with van der Waals surface area (Å²) in [5.74, 6) is 1.03. The maximum Gasteiger partial charge on any atom is 0.236 e. The Hall–Kier alpha value is -1.45. The van der Waals surface area contributed by atoms with Gasteiger partial charge in [0.1, 0.15) is 5.78 Å². The van der Waals surface area contributed by atoms with Gasteiger partial charge in [-0.1, -0.05) is 52.4 Å². The molecule has 0 aromatic heterocycles. The number of amides is 2. The molecule has 2 amide bonds. The first kappa shape index (κ1) is 33.5. The topological polar surface area (TPSA) is 144 Å². The first-order valence-corrected chi connectivity index (χ1v) is 14.6. The van der Waals surface area contributed by atoms with Gasteiger partial charge in [0.05, 0.1) is 23.9 Å². The highest BCUT2D eigenvalue weighted by molar-refractivity contribution is 7.99. The third-order valence-electron chi connectivity index (χ3n) is 6.04. The van der Waals surface area contributed by atoms with Gasteiger partial charge in [-0.05, 0) is 51.2 Å². The van der Waals surface area contributed by atoms with Crippen molar-refractivity contribution in [3.05, 3.63) is 0 Å². The molecule has 9 heteroatoms. The van der Waals surface area contributed by atoms with Crippen molar-refractivity contribution in [2.45, 2.75) is 122 Å². The van der Waals surface area contributed by atoms with Gasteiger partial charge >= 0.3 is 0 Å². The molecule has 0 saturated heterocycles. The maximum atomic E-state index is 12.3. The second-order valence-corrected chi connectivity index (χ2v) is 10.6. The van der Waals surface area contributed by atoms with Crippen LogP contribution in [0.1, 0.15) is 104 Å². The van der Waals surface area contributed by atoms with Gasteiger partial charge in [0.25, 0.3) is 0 Å². The number of Topliss-reactive ketones (excluding diaryl/α,β-unsaturated/α-hetero) is 2. The molecule has 0 spiro atoms. The van der Waals surface area contributed by atoms with Crippen LogP contribution in [0.15, 0.2) is 0 Å². The van der Waals surface area contributed by atoms with E-state index in [1.54, 1.807) is 0 Å². The molecule has 3 atom stereocenters. The molecular formula is C26H50N4O4S. The number of hydrogen-bond donors (Lipinski definition) is 4. The van der Waals surface area contributed by atoms with Crippen LogP contribution in [0.5, 0.6) is 0 Å². The largest absolute Gasteiger partial charge is 0.355 e. The Bertz CT molecular complexity index is 618. The molecule has 6 N–H and O–H groups in total. The quantitative estimate of drug-likeness (QED) is 0.153. The van der Waals surface area contributed by atoms with Gasteiger partial charge < -0.3 is 22.1 Å². The van der Waals surface area contributed by atoms with Crippen molar-refractivity contribution in [3.63, 3.8) is 0 Å². The first-order valence-electron chi connectivity index (χ1n) is 13.4. The van der Waals surface area contributed by atoms with Gasteiger partial charge in [-0.3, -0.25) is 19.2 Å². The summed E-state index contributed by atoms with van der Waals surface area (Å²) in [4.78, 5) is 47.9. The molecule has 8 nitrogen and oxygen atoms in total. The normalized spacial score (nSPS) is 13.6. The zero-order chi connectivity index (χ0) is 26.5. The SMILES string of the molecule is CCCCCCC(N)C(=O)NCCCCC(N)C(=O)CCCCCC(NC(=O)CSCC)C(C)=O. The highest BCUT2D eigenvalue weighted by Gasteiger charge is 2.17. The van der Waals surface area contributed by atoms with Crippen LogP contribution in [0.3, 0.4) is 0 Å². The van der Waals surface area contributed by atoms with E-state index in [1.165, 1.54) is 25.1 Å². The van der Waals surface area contributed by atoms with Crippen molar-refractivity contribution in [3.8, 4) is 0 Å². The summed E-state index contributed by atoms with van der Waals surface area (Å²) < 4.78 is 0. The zero-order valence-corrected chi connectivity index (χ0v) is 23.1. The monoisotopic (exact) mass is 514 g/mol. The van der Waals surface area contributed by atoms with E-state index in [2.05, 4.69) is 17.6 Å². The Balaban J connectivity index is 3.90. The van der Waals surface area contributed by atoms with Gasteiger partial charge in [0, 0.05) is 13.0 Å². The van der Waals surface area contributed by atoms with E-state index in [0.29, 0.717) is 38.0 Å². The van der Waals surface area contributed by atoms with Crippen LogP contribution in [0.4, 0.5) is 0 Å². The van der Waals surface area contributed by atoms with E-state index >= 15 is 0 Å². The molecule has 0 aromatic carbocycles. The number of nitrogens with one attached hydrogen (secondary N) is 2. The molecule has 0 aromatic rings. The molecule has 0 bridgehead atoms. The molecular weight excluding hydrogens is 464 g/mol. The molecule has 0 rings (SSSR count). The van der Waals surface area contributed by atoms with Crippen LogP contribution in [0.25, 0.3) is 0 Å². The smallest absolute Gasteiger partial charge is 0.236 e. The van der Waals surface area contributed by atoms with Crippen molar-refractivity contribution in [2.75, 3.05) is 18.1 Å². The average molecular weight is 515 g/mol. The lowest BCUT2D eigenvalue weighted by Gasteiger charge is -2.16. The van der Waals surface area contributed by atoms with Gasteiger partial charge in [0.15, 0.2) is 5.78 Å². The van der Waals surface area contributed by atoms with Crippen molar-refractivity contribution in [1.29, 1.82) is 0 Å². The fourth-order valence-corrected chi connectivity index (χ4v) is 4.21. The van der Waals surface area contributed by atoms with Crippen LogP contribution in [0.2, 0.25) is 0 Å². The average Bonchev–Trinajstić information content (AvgIpc) is 2.83. The van der Waals surface area contributed by atoms with Crippen LogP contribution in [-0.2, 0) is 19.2 Å². The Morgan fingerprint density at radius 2 is 1.43 bits per heavy atom. The molecule has 0 aliphatic rings. The fourth-order valence-electron chi connectivity index (χ4n) is 3.73. The number of carbonyl (C=O) groups excluding carboxylic acids is 4. The summed E-state index contributed by atoms with van der Waals surface area (Å²) >= 11 is 1.53. The predicted octanol–water partition coefficient (Wildman–Crippen LogP) is 3.24. The summed E-state index contributed by atoms with van der Waals surface area (Å²) in [5.41, 5.74) is 12.0. The molecule has 0 aliphatic carbocycles. The minimum absolute atomic E-state index is 0.0388. The zero-order valence-electron chi connectivity index (χ0n) is 22.2. The van der Waals surface area contributed by atoms with Crippen molar-refractivity contribution in [1.82, 2.24) is 10.6 Å². The molecule has 204 valence electrons. The number of rotatable bonds is 23. The molecule has 3 unspecified atom stereocenters. The third kappa shape index (κ3) is 18.5. The Morgan fingerprint density at radius 1 is 0.800 bits per heavy atom. The summed E-state index contributed by atoms with van der Waals surface area (Å²) in [7, 11) is 0. The van der Waals surface area contributed by atoms with Crippen molar-refractivity contribution < 1.29 is 19.2 Å². The lowest BCUT2D eigenvalue weighted by Crippen LogP contribution is -2.41. The number of ketones is 2. The molecule has 35 heavy (non-hydrogen) atoms. The third-order valence-corrected chi connectivity index (χ3v) is 6.91. The number of nitrogens with two attached hydrogens (primary N) is 2. The first-order chi connectivity index (χ1) is 16.7. The van der Waals surface area contributed by atoms with E-state index in [4.69, 9.17) is 11.5 Å². The van der Waals surface area contributed by atoms with Crippen LogP contribution in [0, 0.1) is 0 Å². The van der Waals surface area contributed by atoms with Crippen molar-refractivity contribution >= 4 is 35.1 Å². The maximum absolute atomic E-state index is 12.3. The lowest BCUT2D eigenvalue weighted by atomic mass is 9.99. The van der Waals surface area contributed by atoms with E-state index in [0.717, 1.165) is 57.1 Å². The minimum atomic E-state index is -0.480. The Morgan fingerprint density at radius 3 is 2.09 bits per heavy atom. The highest BCUT2D eigenvalue weighted by Crippen LogP contribution is 2.10. The van der Waals surface area contributed by atoms with Crippen LogP contribution in [-0.4, -0.2) is 59.6 Å². The van der Waals surface area contributed by atoms with Crippen molar-refractivity contribution in [2.24, 2.45) is 11.5 Å². The van der Waals surface area contributed by atoms with Crippen LogP contribution >= 0.6 is 11.8 Å². The van der Waals surface area contributed by atoms with E-state index in [-0.39, 0.29) is 23.4 Å². The second kappa shape index (κ2) is 21.8. The summed E-state index contributed by atoms with van der Waals surface area (Å²) in [5, 5.41) is 5.67. The number of carbonyl (C=O) groups is 4. The number of unbranched alkanes of at least 4 members (excludes halogenated alkanes) is 6. The standard InChI is InChI=1S/C26H50N4O4S/c1-4-6-7-9-15-22(28)26(34)29-18-13-12-14-21(27)24(32)17-11-8-10-16-23(20(3)31)30-25(33)19-35-5-2/h21-23H,4-19,27-28H2,1-3H3,(H,29,34)(H,30,33).